The Morgan fingerprint density at radius 3 is 2.63 bits per heavy atom. The first-order chi connectivity index (χ1) is 9.15. The van der Waals surface area contributed by atoms with Gasteiger partial charge >= 0.3 is 0 Å². The van der Waals surface area contributed by atoms with Crippen molar-refractivity contribution >= 4 is 40.2 Å². The lowest BCUT2D eigenvalue weighted by atomic mass is 10.0. The van der Waals surface area contributed by atoms with Crippen molar-refractivity contribution < 1.29 is 0 Å². The van der Waals surface area contributed by atoms with Gasteiger partial charge in [0.25, 0.3) is 0 Å². The number of fused-ring (bicyclic) bond motifs is 1. The predicted octanol–water partition coefficient (Wildman–Crippen LogP) is 4.51. The van der Waals surface area contributed by atoms with E-state index in [1.54, 1.807) is 6.07 Å². The van der Waals surface area contributed by atoms with Crippen LogP contribution in [0.2, 0.25) is 10.0 Å². The molecule has 0 aliphatic heterocycles. The molecular formula is C14H17Cl2N3. The zero-order chi connectivity index (χ0) is 13.4. The quantitative estimate of drug-likeness (QED) is 0.906. The van der Waals surface area contributed by atoms with Crippen LogP contribution in [0, 0.1) is 5.92 Å². The van der Waals surface area contributed by atoms with Gasteiger partial charge in [0, 0.05) is 6.54 Å². The van der Waals surface area contributed by atoms with Crippen molar-refractivity contribution in [2.24, 2.45) is 5.92 Å². The van der Waals surface area contributed by atoms with Gasteiger partial charge in [-0.2, -0.15) is 0 Å². The molecule has 3 nitrogen and oxygen atoms in total. The third-order valence-electron chi connectivity index (χ3n) is 4.06. The van der Waals surface area contributed by atoms with Gasteiger partial charge in [-0.25, -0.2) is 4.98 Å². The number of nitrogen functional groups attached to an aromatic ring is 1. The zero-order valence-corrected chi connectivity index (χ0v) is 12.2. The molecule has 0 amide bonds. The minimum absolute atomic E-state index is 0.523. The molecule has 0 spiro atoms. The van der Waals surface area contributed by atoms with E-state index in [2.05, 4.69) is 9.55 Å². The first-order valence-electron chi connectivity index (χ1n) is 6.76. The molecule has 0 bridgehead atoms. The van der Waals surface area contributed by atoms with Crippen molar-refractivity contribution in [3.63, 3.8) is 0 Å². The summed E-state index contributed by atoms with van der Waals surface area (Å²) in [7, 11) is 0. The summed E-state index contributed by atoms with van der Waals surface area (Å²) >= 11 is 12.1. The fourth-order valence-corrected chi connectivity index (χ4v) is 3.30. The minimum atomic E-state index is 0.523. The lowest BCUT2D eigenvalue weighted by Gasteiger charge is -2.11. The number of imidazole rings is 1. The highest BCUT2D eigenvalue weighted by atomic mass is 35.5. The van der Waals surface area contributed by atoms with E-state index in [4.69, 9.17) is 28.9 Å². The summed E-state index contributed by atoms with van der Waals surface area (Å²) in [5.74, 6) is 1.38. The second-order valence-corrected chi connectivity index (χ2v) is 6.13. The normalized spacial score (nSPS) is 16.5. The SMILES string of the molecule is Nc1nc2cc(Cl)c(Cl)cc2n1CCC1CCCC1. The molecule has 0 atom stereocenters. The number of hydrogen-bond acceptors (Lipinski definition) is 2. The highest BCUT2D eigenvalue weighted by Crippen LogP contribution is 2.31. The van der Waals surface area contributed by atoms with E-state index in [1.807, 2.05) is 6.07 Å². The largest absolute Gasteiger partial charge is 0.369 e. The molecule has 1 aromatic heterocycles. The lowest BCUT2D eigenvalue weighted by Crippen LogP contribution is -2.06. The Morgan fingerprint density at radius 2 is 1.89 bits per heavy atom. The third-order valence-corrected chi connectivity index (χ3v) is 4.78. The molecule has 3 rings (SSSR count). The molecule has 0 radical (unpaired) electrons. The van der Waals surface area contributed by atoms with Gasteiger partial charge in [0.05, 0.1) is 21.1 Å². The maximum absolute atomic E-state index is 6.08. The Balaban J connectivity index is 1.89. The Kier molecular flexibility index (Phi) is 3.59. The summed E-state index contributed by atoms with van der Waals surface area (Å²) in [5, 5.41) is 1.07. The fraction of sp³-hybridized carbons (Fsp3) is 0.500. The Hall–Kier alpha value is -0.930. The van der Waals surface area contributed by atoms with Crippen LogP contribution in [0.5, 0.6) is 0 Å². The number of nitrogens with two attached hydrogens (primary N) is 1. The maximum atomic E-state index is 6.08. The smallest absolute Gasteiger partial charge is 0.201 e. The van der Waals surface area contributed by atoms with Crippen molar-refractivity contribution in [3.05, 3.63) is 22.2 Å². The van der Waals surface area contributed by atoms with Crippen molar-refractivity contribution in [2.75, 3.05) is 5.73 Å². The van der Waals surface area contributed by atoms with Crippen molar-refractivity contribution in [2.45, 2.75) is 38.6 Å². The molecule has 1 saturated carbocycles. The van der Waals surface area contributed by atoms with Crippen LogP contribution in [0.15, 0.2) is 12.1 Å². The molecule has 19 heavy (non-hydrogen) atoms. The molecule has 1 fully saturated rings. The Morgan fingerprint density at radius 1 is 1.21 bits per heavy atom. The number of benzene rings is 1. The fourth-order valence-electron chi connectivity index (χ4n) is 2.98. The van der Waals surface area contributed by atoms with Crippen molar-refractivity contribution in [1.29, 1.82) is 0 Å². The van der Waals surface area contributed by atoms with Crippen LogP contribution in [-0.2, 0) is 6.54 Å². The number of hydrogen-bond donors (Lipinski definition) is 1. The summed E-state index contributed by atoms with van der Waals surface area (Å²) in [4.78, 5) is 4.36. The first kappa shape index (κ1) is 13.1. The number of halogens is 2. The van der Waals surface area contributed by atoms with Gasteiger partial charge in [0.2, 0.25) is 5.95 Å². The number of nitrogens with zero attached hydrogens (tertiary/aromatic N) is 2. The molecular weight excluding hydrogens is 281 g/mol. The van der Waals surface area contributed by atoms with E-state index in [1.165, 1.54) is 25.7 Å². The number of aryl methyl sites for hydroxylation is 1. The summed E-state index contributed by atoms with van der Waals surface area (Å²) < 4.78 is 2.05. The minimum Gasteiger partial charge on any atom is -0.369 e. The molecule has 0 saturated heterocycles. The molecule has 1 aliphatic carbocycles. The van der Waals surface area contributed by atoms with Crippen LogP contribution >= 0.6 is 23.2 Å². The van der Waals surface area contributed by atoms with Crippen LogP contribution in [-0.4, -0.2) is 9.55 Å². The van der Waals surface area contributed by atoms with Crippen molar-refractivity contribution in [1.82, 2.24) is 9.55 Å². The van der Waals surface area contributed by atoms with Crippen LogP contribution < -0.4 is 5.73 Å². The van der Waals surface area contributed by atoms with Gasteiger partial charge in [-0.1, -0.05) is 48.9 Å². The summed E-state index contributed by atoms with van der Waals surface area (Å²) in [6.45, 7) is 0.908. The Bertz CT molecular complexity index is 600. The van der Waals surface area contributed by atoms with Gasteiger partial charge in [0.15, 0.2) is 0 Å². The van der Waals surface area contributed by atoms with Crippen LogP contribution in [0.3, 0.4) is 0 Å². The highest BCUT2D eigenvalue weighted by Gasteiger charge is 2.17. The average Bonchev–Trinajstić information content (AvgIpc) is 2.96. The molecule has 102 valence electrons. The van der Waals surface area contributed by atoms with E-state index >= 15 is 0 Å². The van der Waals surface area contributed by atoms with Crippen LogP contribution in [0.4, 0.5) is 5.95 Å². The molecule has 1 aromatic carbocycles. The van der Waals surface area contributed by atoms with E-state index in [-0.39, 0.29) is 0 Å². The maximum Gasteiger partial charge on any atom is 0.201 e. The first-order valence-corrected chi connectivity index (χ1v) is 7.51. The molecule has 2 aromatic rings. The standard InChI is InChI=1S/C14H17Cl2N3/c15-10-7-12-13(8-11(10)16)19(14(17)18-12)6-5-9-3-1-2-4-9/h7-9H,1-6H2,(H2,17,18). The van der Waals surface area contributed by atoms with Crippen LogP contribution in [0.25, 0.3) is 11.0 Å². The number of anilines is 1. The monoisotopic (exact) mass is 297 g/mol. The second kappa shape index (κ2) is 5.22. The summed E-state index contributed by atoms with van der Waals surface area (Å²) in [5.41, 5.74) is 7.80. The van der Waals surface area contributed by atoms with Gasteiger partial charge in [0.1, 0.15) is 0 Å². The average molecular weight is 298 g/mol. The molecule has 1 aliphatic rings. The van der Waals surface area contributed by atoms with Crippen molar-refractivity contribution in [3.8, 4) is 0 Å². The van der Waals surface area contributed by atoms with E-state index in [0.29, 0.717) is 16.0 Å². The molecule has 5 heteroatoms. The van der Waals surface area contributed by atoms with E-state index < -0.39 is 0 Å². The van der Waals surface area contributed by atoms with Gasteiger partial charge in [-0.3, -0.25) is 0 Å². The van der Waals surface area contributed by atoms with Gasteiger partial charge in [-0.05, 0) is 24.5 Å². The summed E-state index contributed by atoms with van der Waals surface area (Å²) in [6.07, 6.45) is 6.59. The third kappa shape index (κ3) is 2.54. The summed E-state index contributed by atoms with van der Waals surface area (Å²) in [6, 6.07) is 3.64. The van der Waals surface area contributed by atoms with Crippen LogP contribution in [0.1, 0.15) is 32.1 Å². The van der Waals surface area contributed by atoms with E-state index in [0.717, 1.165) is 29.9 Å². The van der Waals surface area contributed by atoms with Gasteiger partial charge < -0.3 is 10.3 Å². The van der Waals surface area contributed by atoms with E-state index in [9.17, 15) is 0 Å². The van der Waals surface area contributed by atoms with Gasteiger partial charge in [-0.15, -0.1) is 0 Å². The number of aromatic nitrogens is 2. The second-order valence-electron chi connectivity index (χ2n) is 5.32. The zero-order valence-electron chi connectivity index (χ0n) is 10.7. The number of rotatable bonds is 3. The Labute approximate surface area is 122 Å². The molecule has 1 heterocycles. The topological polar surface area (TPSA) is 43.8 Å². The molecule has 2 N–H and O–H groups in total. The lowest BCUT2D eigenvalue weighted by molar-refractivity contribution is 0.464. The predicted molar refractivity (Wildman–Crippen MR) is 80.7 cm³/mol. The molecule has 0 unspecified atom stereocenters. The highest BCUT2D eigenvalue weighted by molar-refractivity contribution is 6.42.